The first kappa shape index (κ1) is 19.0. The predicted molar refractivity (Wildman–Crippen MR) is 85.0 cm³/mol. The Kier molecular flexibility index (Phi) is 11.7. The third kappa shape index (κ3) is 7.97. The van der Waals surface area contributed by atoms with Crippen molar-refractivity contribution in [1.29, 1.82) is 0 Å². The minimum absolute atomic E-state index is 0.422. The number of rotatable bonds is 13. The molecule has 0 aromatic heterocycles. The maximum Gasteiger partial charge on any atom is 0.106 e. The molecule has 1 radical (unpaired) electrons. The minimum Gasteiger partial charge on any atom is -0.229 e. The molecule has 0 aromatic carbocycles. The summed E-state index contributed by atoms with van der Waals surface area (Å²) in [4.78, 5) is 0. The number of unbranched alkanes of at least 4 members (excludes halogenated alkanes) is 4. The van der Waals surface area contributed by atoms with Gasteiger partial charge in [-0.25, -0.2) is 5.11 Å². The maximum absolute atomic E-state index is 13.3. The van der Waals surface area contributed by atoms with E-state index in [4.69, 9.17) is 0 Å². The van der Waals surface area contributed by atoms with Crippen molar-refractivity contribution in [1.82, 2.24) is 0 Å². The zero-order chi connectivity index (χ0) is 14.6. The van der Waals surface area contributed by atoms with Crippen molar-refractivity contribution < 1.29 is 5.11 Å². The second-order valence-electron chi connectivity index (χ2n) is 6.25. The van der Waals surface area contributed by atoms with Crippen molar-refractivity contribution in [3.63, 3.8) is 0 Å². The van der Waals surface area contributed by atoms with E-state index in [0.29, 0.717) is 5.92 Å². The molecule has 0 saturated heterocycles. The lowest BCUT2D eigenvalue weighted by Crippen LogP contribution is -2.36. The fourth-order valence-corrected chi connectivity index (χ4v) is 3.19. The topological polar surface area (TPSA) is 19.9 Å². The molecule has 2 unspecified atom stereocenters. The molecule has 1 heteroatoms. The van der Waals surface area contributed by atoms with E-state index in [1.807, 2.05) is 0 Å². The lowest BCUT2D eigenvalue weighted by Gasteiger charge is -2.34. The fourth-order valence-electron chi connectivity index (χ4n) is 3.19. The Morgan fingerprint density at radius 3 is 1.79 bits per heavy atom. The van der Waals surface area contributed by atoms with Gasteiger partial charge in [0.15, 0.2) is 0 Å². The van der Waals surface area contributed by atoms with E-state index in [2.05, 4.69) is 27.7 Å². The molecule has 0 saturated carbocycles. The van der Waals surface area contributed by atoms with Gasteiger partial charge in [0.2, 0.25) is 0 Å². The van der Waals surface area contributed by atoms with E-state index >= 15 is 0 Å². The molecule has 0 heterocycles. The first-order valence-corrected chi connectivity index (χ1v) is 8.84. The molecule has 0 bridgehead atoms. The predicted octanol–water partition coefficient (Wildman–Crippen LogP) is 6.53. The molecule has 0 rings (SSSR count). The van der Waals surface area contributed by atoms with Crippen molar-refractivity contribution in [3.05, 3.63) is 0 Å². The molecule has 2 atom stereocenters. The van der Waals surface area contributed by atoms with Gasteiger partial charge in [0.1, 0.15) is 5.60 Å². The lowest BCUT2D eigenvalue weighted by molar-refractivity contribution is -0.0985. The Hall–Kier alpha value is -0.0400. The van der Waals surface area contributed by atoms with Crippen LogP contribution in [-0.4, -0.2) is 5.60 Å². The molecular formula is C18H37O. The summed E-state index contributed by atoms with van der Waals surface area (Å²) < 4.78 is 0. The largest absolute Gasteiger partial charge is 0.229 e. The third-order valence-corrected chi connectivity index (χ3v) is 4.43. The zero-order valence-electron chi connectivity index (χ0n) is 14.0. The highest BCUT2D eigenvalue weighted by Gasteiger charge is 2.36. The molecule has 19 heavy (non-hydrogen) atoms. The molecule has 115 valence electrons. The van der Waals surface area contributed by atoms with Gasteiger partial charge in [-0.2, -0.15) is 0 Å². The van der Waals surface area contributed by atoms with Gasteiger partial charge in [0.05, 0.1) is 0 Å². The fraction of sp³-hybridized carbons (Fsp3) is 1.00. The normalized spacial score (nSPS) is 16.3. The SMILES string of the molecule is CCCCCC(CCCC)C([O])(CCC)CCCC. The van der Waals surface area contributed by atoms with Crippen LogP contribution in [0.15, 0.2) is 0 Å². The summed E-state index contributed by atoms with van der Waals surface area (Å²) in [6.45, 7) is 8.85. The van der Waals surface area contributed by atoms with E-state index in [9.17, 15) is 5.11 Å². The molecule has 0 aliphatic carbocycles. The summed E-state index contributed by atoms with van der Waals surface area (Å²) in [5, 5.41) is 13.3. The third-order valence-electron chi connectivity index (χ3n) is 4.43. The molecule has 0 aromatic rings. The standard InChI is InChI=1S/C18H37O/c1-5-9-12-14-17(13-10-6-2)18(19,15-8-4)16-11-7-3/h17H,5-16H2,1-4H3. The van der Waals surface area contributed by atoms with E-state index in [0.717, 1.165) is 38.5 Å². The average Bonchev–Trinajstić information content (AvgIpc) is 2.40. The Labute approximate surface area is 122 Å². The van der Waals surface area contributed by atoms with Gasteiger partial charge < -0.3 is 0 Å². The highest BCUT2D eigenvalue weighted by atomic mass is 16.3. The summed E-state index contributed by atoms with van der Waals surface area (Å²) >= 11 is 0. The van der Waals surface area contributed by atoms with Crippen LogP contribution in [0, 0.1) is 5.92 Å². The first-order chi connectivity index (χ1) is 9.14. The van der Waals surface area contributed by atoms with Gasteiger partial charge in [-0.1, -0.05) is 79.1 Å². The van der Waals surface area contributed by atoms with Gasteiger partial charge >= 0.3 is 0 Å². The van der Waals surface area contributed by atoms with E-state index in [1.165, 1.54) is 38.5 Å². The van der Waals surface area contributed by atoms with Crippen molar-refractivity contribution >= 4 is 0 Å². The number of hydrogen-bond donors (Lipinski definition) is 0. The molecule has 0 N–H and O–H groups in total. The lowest BCUT2D eigenvalue weighted by atomic mass is 9.75. The molecule has 1 nitrogen and oxygen atoms in total. The maximum atomic E-state index is 13.3. The van der Waals surface area contributed by atoms with Crippen molar-refractivity contribution in [2.45, 2.75) is 110 Å². The summed E-state index contributed by atoms with van der Waals surface area (Å²) in [5.74, 6) is 0.422. The second kappa shape index (κ2) is 11.8. The Morgan fingerprint density at radius 2 is 1.26 bits per heavy atom. The van der Waals surface area contributed by atoms with Crippen LogP contribution in [0.3, 0.4) is 0 Å². The van der Waals surface area contributed by atoms with Crippen LogP contribution in [0.2, 0.25) is 0 Å². The Balaban J connectivity index is 4.57. The van der Waals surface area contributed by atoms with Crippen LogP contribution in [-0.2, 0) is 5.11 Å². The highest BCUT2D eigenvalue weighted by molar-refractivity contribution is 4.86. The highest BCUT2D eigenvalue weighted by Crippen LogP contribution is 2.36. The van der Waals surface area contributed by atoms with Crippen molar-refractivity contribution in [2.75, 3.05) is 0 Å². The Bertz CT molecular complexity index is 190. The van der Waals surface area contributed by atoms with Crippen LogP contribution in [0.25, 0.3) is 0 Å². The minimum atomic E-state index is -0.631. The van der Waals surface area contributed by atoms with Gasteiger partial charge in [0, 0.05) is 0 Å². The van der Waals surface area contributed by atoms with Gasteiger partial charge in [-0.05, 0) is 31.6 Å². The van der Waals surface area contributed by atoms with Gasteiger partial charge in [-0.15, -0.1) is 0 Å². The van der Waals surface area contributed by atoms with Crippen molar-refractivity contribution in [3.8, 4) is 0 Å². The summed E-state index contributed by atoms with van der Waals surface area (Å²) in [7, 11) is 0. The second-order valence-corrected chi connectivity index (χ2v) is 6.25. The Morgan fingerprint density at radius 1 is 0.684 bits per heavy atom. The monoisotopic (exact) mass is 269 g/mol. The summed E-state index contributed by atoms with van der Waals surface area (Å²) in [6, 6.07) is 0. The van der Waals surface area contributed by atoms with Crippen molar-refractivity contribution in [2.24, 2.45) is 5.92 Å². The van der Waals surface area contributed by atoms with Crippen LogP contribution < -0.4 is 0 Å². The molecule has 0 fully saturated rings. The van der Waals surface area contributed by atoms with Gasteiger partial charge in [-0.3, -0.25) is 0 Å². The summed E-state index contributed by atoms with van der Waals surface area (Å²) in [5.41, 5.74) is -0.631. The number of hydrogen-bond acceptors (Lipinski definition) is 0. The van der Waals surface area contributed by atoms with E-state index < -0.39 is 5.60 Å². The van der Waals surface area contributed by atoms with Crippen LogP contribution in [0.4, 0.5) is 0 Å². The van der Waals surface area contributed by atoms with Crippen LogP contribution in [0.5, 0.6) is 0 Å². The molecular weight excluding hydrogens is 232 g/mol. The smallest absolute Gasteiger partial charge is 0.106 e. The zero-order valence-corrected chi connectivity index (χ0v) is 14.0. The van der Waals surface area contributed by atoms with E-state index in [-0.39, 0.29) is 0 Å². The molecule has 0 amide bonds. The first-order valence-electron chi connectivity index (χ1n) is 8.84. The van der Waals surface area contributed by atoms with Crippen LogP contribution in [0.1, 0.15) is 105 Å². The van der Waals surface area contributed by atoms with E-state index in [1.54, 1.807) is 0 Å². The quantitative estimate of drug-likeness (QED) is 0.339. The molecule has 0 spiro atoms. The molecule has 0 aliphatic rings. The summed E-state index contributed by atoms with van der Waals surface area (Å²) in [6.07, 6.45) is 13.7. The van der Waals surface area contributed by atoms with Crippen LogP contribution >= 0.6 is 0 Å². The van der Waals surface area contributed by atoms with Gasteiger partial charge in [0.25, 0.3) is 0 Å². The average molecular weight is 269 g/mol. The molecule has 0 aliphatic heterocycles.